The molecule has 0 amide bonds. The molecule has 0 spiro atoms. The van der Waals surface area contributed by atoms with E-state index in [0.29, 0.717) is 19.7 Å². The Morgan fingerprint density at radius 1 is 0.778 bits per heavy atom. The van der Waals surface area contributed by atoms with Crippen LogP contribution in [0.15, 0.2) is 89.5 Å². The van der Waals surface area contributed by atoms with Crippen molar-refractivity contribution in [1.29, 1.82) is 0 Å². The summed E-state index contributed by atoms with van der Waals surface area (Å²) in [5.74, 6) is 1.84. The van der Waals surface area contributed by atoms with Crippen LogP contribution in [0.25, 0.3) is 10.8 Å². The summed E-state index contributed by atoms with van der Waals surface area (Å²) in [6.07, 6.45) is 1.70. The van der Waals surface area contributed by atoms with Crippen molar-refractivity contribution in [2.24, 2.45) is 0 Å². The highest BCUT2D eigenvalue weighted by Crippen LogP contribution is 2.29. The second kappa shape index (κ2) is 9.26. The summed E-state index contributed by atoms with van der Waals surface area (Å²) in [6.45, 7) is 1.96. The lowest BCUT2D eigenvalue weighted by molar-refractivity contribution is 0.302. The van der Waals surface area contributed by atoms with E-state index in [1.54, 1.807) is 6.26 Å². The molecule has 0 radical (unpaired) electrons. The first-order valence-electron chi connectivity index (χ1n) is 8.80. The van der Waals surface area contributed by atoms with E-state index in [2.05, 4.69) is 53.8 Å². The van der Waals surface area contributed by atoms with E-state index in [0.717, 1.165) is 17.1 Å². The van der Waals surface area contributed by atoms with Crippen LogP contribution < -0.4 is 10.1 Å². The van der Waals surface area contributed by atoms with Crippen molar-refractivity contribution in [3.63, 3.8) is 0 Å². The van der Waals surface area contributed by atoms with Crippen molar-refractivity contribution in [2.75, 3.05) is 0 Å². The number of hydrogen-bond acceptors (Lipinski definition) is 3. The van der Waals surface area contributed by atoms with Crippen LogP contribution >= 0.6 is 12.4 Å². The Labute approximate surface area is 165 Å². The molecule has 1 heterocycles. The van der Waals surface area contributed by atoms with E-state index in [-0.39, 0.29) is 12.4 Å². The number of fused-ring (bicyclic) bond motifs is 1. The molecule has 0 aliphatic heterocycles. The van der Waals surface area contributed by atoms with Crippen LogP contribution in [0.1, 0.15) is 16.9 Å². The summed E-state index contributed by atoms with van der Waals surface area (Å²) in [7, 11) is 0. The molecule has 138 valence electrons. The van der Waals surface area contributed by atoms with Crippen molar-refractivity contribution < 1.29 is 9.15 Å². The fourth-order valence-electron chi connectivity index (χ4n) is 3.09. The van der Waals surface area contributed by atoms with Crippen LogP contribution in [0.3, 0.4) is 0 Å². The third-order valence-electron chi connectivity index (χ3n) is 4.42. The minimum atomic E-state index is 0. The van der Waals surface area contributed by atoms with Gasteiger partial charge >= 0.3 is 0 Å². The zero-order valence-corrected chi connectivity index (χ0v) is 15.7. The molecule has 4 rings (SSSR count). The third kappa shape index (κ3) is 4.70. The fraction of sp³-hybridized carbons (Fsp3) is 0.130. The zero-order valence-electron chi connectivity index (χ0n) is 14.9. The minimum Gasteiger partial charge on any atom is -0.489 e. The molecule has 1 N–H and O–H groups in total. The van der Waals surface area contributed by atoms with Crippen LogP contribution in [0.5, 0.6) is 5.75 Å². The van der Waals surface area contributed by atoms with Gasteiger partial charge in [-0.2, -0.15) is 0 Å². The number of halogens is 1. The molecule has 0 aliphatic rings. The van der Waals surface area contributed by atoms with Gasteiger partial charge in [0.1, 0.15) is 18.1 Å². The minimum absolute atomic E-state index is 0. The van der Waals surface area contributed by atoms with E-state index in [1.165, 1.54) is 16.3 Å². The molecular weight excluding hydrogens is 358 g/mol. The molecule has 0 saturated carbocycles. The molecular formula is C23H22ClNO2. The van der Waals surface area contributed by atoms with Gasteiger partial charge in [0.15, 0.2) is 0 Å². The average Bonchev–Trinajstić information content (AvgIpc) is 3.21. The molecule has 3 nitrogen and oxygen atoms in total. The Kier molecular flexibility index (Phi) is 6.53. The molecule has 4 aromatic rings. The summed E-state index contributed by atoms with van der Waals surface area (Å²) in [6, 6.07) is 26.7. The van der Waals surface area contributed by atoms with Gasteiger partial charge < -0.3 is 14.5 Å². The first-order chi connectivity index (χ1) is 12.9. The molecule has 1 aromatic heterocycles. The second-order valence-corrected chi connectivity index (χ2v) is 6.22. The monoisotopic (exact) mass is 379 g/mol. The van der Waals surface area contributed by atoms with Gasteiger partial charge in [-0.1, -0.05) is 60.7 Å². The van der Waals surface area contributed by atoms with Gasteiger partial charge in [0.25, 0.3) is 0 Å². The van der Waals surface area contributed by atoms with E-state index >= 15 is 0 Å². The summed E-state index contributed by atoms with van der Waals surface area (Å²) in [4.78, 5) is 0. The van der Waals surface area contributed by atoms with Gasteiger partial charge in [-0.3, -0.25) is 0 Å². The Morgan fingerprint density at radius 2 is 1.59 bits per heavy atom. The summed E-state index contributed by atoms with van der Waals surface area (Å²) in [5, 5.41) is 5.89. The van der Waals surface area contributed by atoms with Gasteiger partial charge in [0.2, 0.25) is 0 Å². The maximum absolute atomic E-state index is 6.16. The fourth-order valence-corrected chi connectivity index (χ4v) is 3.09. The zero-order chi connectivity index (χ0) is 17.6. The van der Waals surface area contributed by atoms with E-state index in [4.69, 9.17) is 9.15 Å². The number of hydrogen-bond donors (Lipinski definition) is 1. The number of furan rings is 1. The van der Waals surface area contributed by atoms with E-state index in [9.17, 15) is 0 Å². The van der Waals surface area contributed by atoms with Gasteiger partial charge in [-0.05, 0) is 34.5 Å². The van der Waals surface area contributed by atoms with Crippen molar-refractivity contribution in [1.82, 2.24) is 5.32 Å². The van der Waals surface area contributed by atoms with Crippen LogP contribution in [0.4, 0.5) is 0 Å². The quantitative estimate of drug-likeness (QED) is 0.445. The molecule has 27 heavy (non-hydrogen) atoms. The Hall–Kier alpha value is -2.75. The standard InChI is InChI=1S/C23H21NO2.ClH/c1-2-7-18(8-3-1)17-26-23-13-12-19-9-4-5-11-21(19)22(23)16-24-15-20-10-6-14-25-20;/h1-14,24H,15-17H2;1H. The summed E-state index contributed by atoms with van der Waals surface area (Å²) >= 11 is 0. The largest absolute Gasteiger partial charge is 0.489 e. The predicted octanol–water partition coefficient (Wildman–Crippen LogP) is 5.72. The van der Waals surface area contributed by atoms with Crippen molar-refractivity contribution in [2.45, 2.75) is 19.7 Å². The Bertz CT molecular complexity index is 968. The highest BCUT2D eigenvalue weighted by atomic mass is 35.5. The molecule has 0 aliphatic carbocycles. The van der Waals surface area contributed by atoms with Gasteiger partial charge in [-0.15, -0.1) is 12.4 Å². The van der Waals surface area contributed by atoms with E-state index < -0.39 is 0 Å². The topological polar surface area (TPSA) is 34.4 Å². The average molecular weight is 380 g/mol. The van der Waals surface area contributed by atoms with Gasteiger partial charge in [-0.25, -0.2) is 0 Å². The molecule has 0 bridgehead atoms. The number of nitrogens with one attached hydrogen (secondary N) is 1. The lowest BCUT2D eigenvalue weighted by Crippen LogP contribution is -2.13. The smallest absolute Gasteiger partial charge is 0.124 e. The lowest BCUT2D eigenvalue weighted by Gasteiger charge is -2.15. The number of ether oxygens (including phenoxy) is 1. The summed E-state index contributed by atoms with van der Waals surface area (Å²) in [5.41, 5.74) is 2.33. The second-order valence-electron chi connectivity index (χ2n) is 6.22. The molecule has 0 atom stereocenters. The van der Waals surface area contributed by atoms with Crippen molar-refractivity contribution in [3.8, 4) is 5.75 Å². The maximum Gasteiger partial charge on any atom is 0.124 e. The molecule has 0 fully saturated rings. The van der Waals surface area contributed by atoms with Crippen molar-refractivity contribution in [3.05, 3.63) is 102 Å². The highest BCUT2D eigenvalue weighted by Gasteiger charge is 2.09. The van der Waals surface area contributed by atoms with Gasteiger partial charge in [0.05, 0.1) is 12.8 Å². The van der Waals surface area contributed by atoms with E-state index in [1.807, 2.05) is 30.3 Å². The molecule has 3 aromatic carbocycles. The van der Waals surface area contributed by atoms with Crippen molar-refractivity contribution >= 4 is 23.2 Å². The molecule has 0 saturated heterocycles. The van der Waals surface area contributed by atoms with Crippen LogP contribution in [-0.4, -0.2) is 0 Å². The summed E-state index contributed by atoms with van der Waals surface area (Å²) < 4.78 is 11.6. The number of benzene rings is 3. The maximum atomic E-state index is 6.16. The van der Waals surface area contributed by atoms with Crippen LogP contribution in [0, 0.1) is 0 Å². The van der Waals surface area contributed by atoms with Crippen LogP contribution in [0.2, 0.25) is 0 Å². The predicted molar refractivity (Wildman–Crippen MR) is 111 cm³/mol. The Balaban J connectivity index is 0.00000210. The first-order valence-corrected chi connectivity index (χ1v) is 8.80. The third-order valence-corrected chi connectivity index (χ3v) is 4.42. The molecule has 4 heteroatoms. The SMILES string of the molecule is Cl.c1ccc(COc2ccc3ccccc3c2CNCc2ccco2)cc1. The normalized spacial score (nSPS) is 10.5. The van der Waals surface area contributed by atoms with Gasteiger partial charge in [0, 0.05) is 12.1 Å². The van der Waals surface area contributed by atoms with Crippen LogP contribution in [-0.2, 0) is 19.7 Å². The Morgan fingerprint density at radius 3 is 2.41 bits per heavy atom. The molecule has 0 unspecified atom stereocenters. The highest BCUT2D eigenvalue weighted by molar-refractivity contribution is 5.87. The first kappa shape index (κ1) is 19.0. The lowest BCUT2D eigenvalue weighted by atomic mass is 10.0. The number of rotatable bonds is 7.